The van der Waals surface area contributed by atoms with E-state index in [2.05, 4.69) is 5.32 Å². The predicted octanol–water partition coefficient (Wildman–Crippen LogP) is 4.89. The normalized spacial score (nSPS) is 10.4. The van der Waals surface area contributed by atoms with Crippen LogP contribution >= 0.6 is 46.1 Å². The molecule has 0 fully saturated rings. The van der Waals surface area contributed by atoms with Crippen molar-refractivity contribution >= 4 is 57.7 Å². The smallest absolute Gasteiger partial charge is 0.229 e. The molecule has 1 amide bonds. The first-order valence-corrected chi connectivity index (χ1v) is 6.98. The Morgan fingerprint density at radius 3 is 2.33 bits per heavy atom. The van der Waals surface area contributed by atoms with Crippen LogP contribution in [0.15, 0.2) is 30.3 Å². The minimum Gasteiger partial charge on any atom is -0.326 e. The Bertz CT molecular complexity index is 562. The van der Waals surface area contributed by atoms with E-state index in [-0.39, 0.29) is 12.3 Å². The highest BCUT2D eigenvalue weighted by molar-refractivity contribution is 7.16. The fourth-order valence-corrected chi connectivity index (χ4v) is 3.05. The van der Waals surface area contributed by atoms with Crippen LogP contribution in [0.2, 0.25) is 14.4 Å². The number of benzene rings is 1. The molecule has 0 aliphatic rings. The van der Waals surface area contributed by atoms with E-state index in [9.17, 15) is 4.79 Å². The van der Waals surface area contributed by atoms with E-state index in [0.29, 0.717) is 20.1 Å². The number of thiophene rings is 1. The summed E-state index contributed by atoms with van der Waals surface area (Å²) in [4.78, 5) is 12.7. The van der Waals surface area contributed by atoms with Crippen LogP contribution < -0.4 is 5.32 Å². The zero-order chi connectivity index (χ0) is 13.1. The molecule has 2 nitrogen and oxygen atoms in total. The van der Waals surface area contributed by atoms with Gasteiger partial charge in [-0.15, -0.1) is 11.3 Å². The highest BCUT2D eigenvalue weighted by atomic mass is 35.5. The fourth-order valence-electron chi connectivity index (χ4n) is 1.44. The van der Waals surface area contributed by atoms with Crippen molar-refractivity contribution in [1.82, 2.24) is 0 Å². The molecule has 94 valence electrons. The minimum absolute atomic E-state index is 0.133. The summed E-state index contributed by atoms with van der Waals surface area (Å²) in [7, 11) is 0. The zero-order valence-corrected chi connectivity index (χ0v) is 12.1. The minimum atomic E-state index is -0.133. The Morgan fingerprint density at radius 2 is 1.78 bits per heavy atom. The molecule has 0 atom stereocenters. The van der Waals surface area contributed by atoms with Gasteiger partial charge in [-0.1, -0.05) is 34.8 Å². The highest BCUT2D eigenvalue weighted by Gasteiger charge is 2.07. The van der Waals surface area contributed by atoms with Crippen molar-refractivity contribution in [2.24, 2.45) is 0 Å². The van der Waals surface area contributed by atoms with Crippen molar-refractivity contribution < 1.29 is 4.79 Å². The van der Waals surface area contributed by atoms with Crippen molar-refractivity contribution in [1.29, 1.82) is 0 Å². The standard InChI is InChI=1S/C12H8Cl3NOS/c13-7-3-8(14)5-9(4-7)16-12(17)6-10-1-2-11(15)18-10/h1-5H,6H2,(H,16,17). The summed E-state index contributed by atoms with van der Waals surface area (Å²) in [6.07, 6.45) is 0.279. The first-order chi connectivity index (χ1) is 8.52. The average molecular weight is 321 g/mol. The molecule has 1 heterocycles. The van der Waals surface area contributed by atoms with E-state index < -0.39 is 0 Å². The zero-order valence-electron chi connectivity index (χ0n) is 9.04. The van der Waals surface area contributed by atoms with Crippen molar-refractivity contribution in [2.75, 3.05) is 5.32 Å². The first-order valence-electron chi connectivity index (χ1n) is 5.03. The number of halogens is 3. The quantitative estimate of drug-likeness (QED) is 0.857. The van der Waals surface area contributed by atoms with Crippen LogP contribution in [0.3, 0.4) is 0 Å². The molecule has 0 saturated carbocycles. The maximum Gasteiger partial charge on any atom is 0.229 e. The molecule has 0 bridgehead atoms. The van der Waals surface area contributed by atoms with Crippen molar-refractivity contribution in [3.8, 4) is 0 Å². The summed E-state index contributed by atoms with van der Waals surface area (Å²) in [5.41, 5.74) is 0.583. The Hall–Kier alpha value is -0.740. The van der Waals surface area contributed by atoms with Gasteiger partial charge in [-0.3, -0.25) is 4.79 Å². The topological polar surface area (TPSA) is 29.1 Å². The lowest BCUT2D eigenvalue weighted by Crippen LogP contribution is -2.13. The molecule has 2 aromatic rings. The Kier molecular flexibility index (Phi) is 4.51. The third-order valence-corrected chi connectivity index (χ3v) is 3.78. The van der Waals surface area contributed by atoms with Gasteiger partial charge in [-0.25, -0.2) is 0 Å². The van der Waals surface area contributed by atoms with Crippen molar-refractivity contribution in [3.63, 3.8) is 0 Å². The number of amides is 1. The van der Waals surface area contributed by atoms with Crippen molar-refractivity contribution in [3.05, 3.63) is 49.6 Å². The molecule has 1 N–H and O–H groups in total. The van der Waals surface area contributed by atoms with Gasteiger partial charge in [-0.05, 0) is 30.3 Å². The number of rotatable bonds is 3. The second-order valence-corrected chi connectivity index (χ2v) is 6.26. The maximum absolute atomic E-state index is 11.8. The maximum atomic E-state index is 11.8. The van der Waals surface area contributed by atoms with Gasteiger partial charge in [0, 0.05) is 20.6 Å². The molecular formula is C12H8Cl3NOS. The third-order valence-electron chi connectivity index (χ3n) is 2.11. The summed E-state index contributed by atoms with van der Waals surface area (Å²) in [5, 5.41) is 3.70. The van der Waals surface area contributed by atoms with E-state index in [1.165, 1.54) is 11.3 Å². The lowest BCUT2D eigenvalue weighted by Gasteiger charge is -2.05. The number of carbonyl (C=O) groups excluding carboxylic acids is 1. The van der Waals surface area contributed by atoms with E-state index in [1.807, 2.05) is 6.07 Å². The SMILES string of the molecule is O=C(Cc1ccc(Cl)s1)Nc1cc(Cl)cc(Cl)c1. The molecule has 0 unspecified atom stereocenters. The summed E-state index contributed by atoms with van der Waals surface area (Å²) in [6, 6.07) is 8.50. The van der Waals surface area contributed by atoms with Gasteiger partial charge >= 0.3 is 0 Å². The monoisotopic (exact) mass is 319 g/mol. The molecule has 1 aromatic carbocycles. The van der Waals surface area contributed by atoms with Gasteiger partial charge in [-0.2, -0.15) is 0 Å². The van der Waals surface area contributed by atoms with Gasteiger partial charge in [0.25, 0.3) is 0 Å². The Balaban J connectivity index is 2.02. The molecule has 1 aromatic heterocycles. The van der Waals surface area contributed by atoms with Gasteiger partial charge in [0.2, 0.25) is 5.91 Å². The van der Waals surface area contributed by atoms with Crippen LogP contribution in [0.1, 0.15) is 4.88 Å². The van der Waals surface area contributed by atoms with Crippen LogP contribution in [0.25, 0.3) is 0 Å². The molecule has 0 aliphatic carbocycles. The van der Waals surface area contributed by atoms with E-state index in [1.54, 1.807) is 24.3 Å². The molecular weight excluding hydrogens is 313 g/mol. The molecule has 6 heteroatoms. The third kappa shape index (κ3) is 3.89. The highest BCUT2D eigenvalue weighted by Crippen LogP contribution is 2.24. The second-order valence-electron chi connectivity index (χ2n) is 3.59. The van der Waals surface area contributed by atoms with Gasteiger partial charge in [0.15, 0.2) is 0 Å². The second kappa shape index (κ2) is 5.93. The molecule has 0 saturated heterocycles. The van der Waals surface area contributed by atoms with Gasteiger partial charge in [0.1, 0.15) is 0 Å². The van der Waals surface area contributed by atoms with Crippen LogP contribution in [0.5, 0.6) is 0 Å². The molecule has 0 radical (unpaired) electrons. The number of hydrogen-bond donors (Lipinski definition) is 1. The summed E-state index contributed by atoms with van der Waals surface area (Å²) in [6.45, 7) is 0. The van der Waals surface area contributed by atoms with Crippen LogP contribution in [-0.4, -0.2) is 5.91 Å². The number of carbonyl (C=O) groups is 1. The van der Waals surface area contributed by atoms with E-state index in [4.69, 9.17) is 34.8 Å². The molecule has 0 spiro atoms. The Morgan fingerprint density at radius 1 is 1.11 bits per heavy atom. The summed E-state index contributed by atoms with van der Waals surface area (Å²) < 4.78 is 0.670. The van der Waals surface area contributed by atoms with E-state index in [0.717, 1.165) is 4.88 Å². The fraction of sp³-hybridized carbons (Fsp3) is 0.0833. The largest absolute Gasteiger partial charge is 0.326 e. The predicted molar refractivity (Wildman–Crippen MR) is 78.1 cm³/mol. The molecule has 0 aliphatic heterocycles. The van der Waals surface area contributed by atoms with E-state index >= 15 is 0 Å². The van der Waals surface area contributed by atoms with Gasteiger partial charge in [0.05, 0.1) is 10.8 Å². The molecule has 2 rings (SSSR count). The lowest BCUT2D eigenvalue weighted by atomic mass is 10.3. The number of hydrogen-bond acceptors (Lipinski definition) is 2. The molecule has 18 heavy (non-hydrogen) atoms. The average Bonchev–Trinajstić information content (AvgIpc) is 2.61. The Labute approximate surface area is 123 Å². The summed E-state index contributed by atoms with van der Waals surface area (Å²) in [5.74, 6) is -0.133. The van der Waals surface area contributed by atoms with Crippen LogP contribution in [-0.2, 0) is 11.2 Å². The summed E-state index contributed by atoms with van der Waals surface area (Å²) >= 11 is 18.9. The van der Waals surface area contributed by atoms with Crippen molar-refractivity contribution in [2.45, 2.75) is 6.42 Å². The number of nitrogens with one attached hydrogen (secondary N) is 1. The van der Waals surface area contributed by atoms with Gasteiger partial charge < -0.3 is 5.32 Å². The number of anilines is 1. The first kappa shape index (κ1) is 13.7. The van der Waals surface area contributed by atoms with Crippen LogP contribution in [0, 0.1) is 0 Å². The van der Waals surface area contributed by atoms with Crippen LogP contribution in [0.4, 0.5) is 5.69 Å². The lowest BCUT2D eigenvalue weighted by molar-refractivity contribution is -0.115.